The van der Waals surface area contributed by atoms with Crippen LogP contribution in [-0.4, -0.2) is 43.9 Å². The van der Waals surface area contributed by atoms with Gasteiger partial charge in [-0.3, -0.25) is 14.6 Å². The lowest BCUT2D eigenvalue weighted by molar-refractivity contribution is 0.0667. The lowest BCUT2D eigenvalue weighted by Gasteiger charge is -2.32. The molecule has 6 nitrogen and oxygen atoms in total. The van der Waals surface area contributed by atoms with Crippen molar-refractivity contribution in [1.82, 2.24) is 24.9 Å². The van der Waals surface area contributed by atoms with E-state index < -0.39 is 0 Å². The van der Waals surface area contributed by atoms with E-state index in [0.717, 1.165) is 35.5 Å². The minimum absolute atomic E-state index is 0.0114. The summed E-state index contributed by atoms with van der Waals surface area (Å²) in [6.45, 7) is 3.49. The van der Waals surface area contributed by atoms with Gasteiger partial charge in [-0.2, -0.15) is 10.2 Å². The molecule has 1 aliphatic rings. The number of carbonyl (C=O) groups excluding carboxylic acids is 1. The minimum atomic E-state index is -0.0114. The first-order valence-corrected chi connectivity index (χ1v) is 8.98. The summed E-state index contributed by atoms with van der Waals surface area (Å²) in [6.07, 6.45) is 5.94. The number of carbonyl (C=O) groups is 1. The average molecular weight is 341 g/mol. The quantitative estimate of drug-likeness (QED) is 0.796. The largest absolute Gasteiger partial charge is 0.335 e. The first-order valence-electron chi connectivity index (χ1n) is 8.10. The molecule has 1 saturated heterocycles. The van der Waals surface area contributed by atoms with Crippen LogP contribution >= 0.6 is 11.3 Å². The number of hydrogen-bond donors (Lipinski definition) is 1. The number of likely N-dealkylation sites (tertiary alicyclic amines) is 1. The van der Waals surface area contributed by atoms with Gasteiger partial charge in [0.2, 0.25) is 0 Å². The second kappa shape index (κ2) is 6.24. The van der Waals surface area contributed by atoms with Gasteiger partial charge in [-0.25, -0.2) is 0 Å². The molecular formula is C17H19N5OS. The van der Waals surface area contributed by atoms with Crippen molar-refractivity contribution >= 4 is 17.2 Å². The first-order chi connectivity index (χ1) is 11.7. The summed E-state index contributed by atoms with van der Waals surface area (Å²) in [7, 11) is 0. The Morgan fingerprint density at radius 1 is 1.46 bits per heavy atom. The predicted molar refractivity (Wildman–Crippen MR) is 93.0 cm³/mol. The summed E-state index contributed by atoms with van der Waals surface area (Å²) >= 11 is 1.63. The van der Waals surface area contributed by atoms with Gasteiger partial charge in [0.05, 0.1) is 22.8 Å². The molecule has 1 unspecified atom stereocenters. The van der Waals surface area contributed by atoms with Gasteiger partial charge in [-0.1, -0.05) is 6.07 Å². The number of aromatic nitrogens is 4. The van der Waals surface area contributed by atoms with Crippen molar-refractivity contribution in [3.05, 3.63) is 47.2 Å². The zero-order chi connectivity index (χ0) is 16.5. The van der Waals surface area contributed by atoms with Gasteiger partial charge in [0.25, 0.3) is 5.91 Å². The van der Waals surface area contributed by atoms with Crippen LogP contribution in [0.1, 0.15) is 34.9 Å². The number of thiophene rings is 1. The van der Waals surface area contributed by atoms with Gasteiger partial charge in [0.1, 0.15) is 0 Å². The van der Waals surface area contributed by atoms with Crippen LogP contribution in [0.2, 0.25) is 0 Å². The SMILES string of the molecule is Cc1cnn(C2CCCN(C(=O)c3cc(-c4cccs4)[nH]n3)C2)c1. The van der Waals surface area contributed by atoms with Crippen LogP contribution < -0.4 is 0 Å². The molecule has 1 aliphatic heterocycles. The molecule has 24 heavy (non-hydrogen) atoms. The maximum absolute atomic E-state index is 12.8. The molecule has 1 amide bonds. The molecule has 1 N–H and O–H groups in total. The summed E-state index contributed by atoms with van der Waals surface area (Å²) in [5, 5.41) is 13.6. The van der Waals surface area contributed by atoms with Crippen molar-refractivity contribution in [2.45, 2.75) is 25.8 Å². The Bertz CT molecular complexity index is 835. The molecule has 4 heterocycles. The van der Waals surface area contributed by atoms with E-state index in [0.29, 0.717) is 12.2 Å². The number of nitrogens with zero attached hydrogens (tertiary/aromatic N) is 4. The summed E-state index contributed by atoms with van der Waals surface area (Å²) in [5.41, 5.74) is 2.52. The highest BCUT2D eigenvalue weighted by Crippen LogP contribution is 2.25. The van der Waals surface area contributed by atoms with Crippen molar-refractivity contribution < 1.29 is 4.79 Å². The van der Waals surface area contributed by atoms with Gasteiger partial charge in [-0.15, -0.1) is 11.3 Å². The zero-order valence-electron chi connectivity index (χ0n) is 13.5. The van der Waals surface area contributed by atoms with Gasteiger partial charge >= 0.3 is 0 Å². The molecule has 0 bridgehead atoms. The lowest BCUT2D eigenvalue weighted by atomic mass is 10.1. The maximum Gasteiger partial charge on any atom is 0.274 e. The highest BCUT2D eigenvalue weighted by Gasteiger charge is 2.27. The fraction of sp³-hybridized carbons (Fsp3) is 0.353. The van der Waals surface area contributed by atoms with E-state index in [1.165, 1.54) is 0 Å². The highest BCUT2D eigenvalue weighted by molar-refractivity contribution is 7.13. The summed E-state index contributed by atoms with van der Waals surface area (Å²) in [4.78, 5) is 15.8. The predicted octanol–water partition coefficient (Wildman–Crippen LogP) is 3.12. The van der Waals surface area contributed by atoms with Crippen LogP contribution in [0.5, 0.6) is 0 Å². The highest BCUT2D eigenvalue weighted by atomic mass is 32.1. The van der Waals surface area contributed by atoms with Crippen LogP contribution in [0, 0.1) is 6.92 Å². The number of aryl methyl sites for hydroxylation is 1. The van der Waals surface area contributed by atoms with Crippen molar-refractivity contribution in [2.75, 3.05) is 13.1 Å². The molecule has 1 atom stereocenters. The lowest BCUT2D eigenvalue weighted by Crippen LogP contribution is -2.41. The Labute approximate surface area is 144 Å². The number of rotatable bonds is 3. The molecule has 0 saturated carbocycles. The third-order valence-corrected chi connectivity index (χ3v) is 5.28. The molecule has 3 aromatic rings. The Morgan fingerprint density at radius 3 is 3.12 bits per heavy atom. The van der Waals surface area contributed by atoms with Gasteiger partial charge in [0, 0.05) is 19.3 Å². The van der Waals surface area contributed by atoms with Crippen LogP contribution in [0.4, 0.5) is 0 Å². The summed E-state index contributed by atoms with van der Waals surface area (Å²) in [6, 6.07) is 6.09. The molecule has 4 rings (SSSR count). The van der Waals surface area contributed by atoms with E-state index in [-0.39, 0.29) is 11.9 Å². The van der Waals surface area contributed by atoms with Crippen LogP contribution in [-0.2, 0) is 0 Å². The maximum atomic E-state index is 12.8. The molecule has 7 heteroatoms. The Morgan fingerprint density at radius 2 is 2.38 bits per heavy atom. The van der Waals surface area contributed by atoms with Crippen molar-refractivity contribution in [1.29, 1.82) is 0 Å². The van der Waals surface area contributed by atoms with Crippen molar-refractivity contribution in [3.63, 3.8) is 0 Å². The number of H-pyrrole nitrogens is 1. The van der Waals surface area contributed by atoms with E-state index in [9.17, 15) is 4.79 Å². The second-order valence-electron chi connectivity index (χ2n) is 6.19. The smallest absolute Gasteiger partial charge is 0.274 e. The Hall–Kier alpha value is -2.41. The number of aromatic amines is 1. The average Bonchev–Trinajstić information content (AvgIpc) is 3.34. The van der Waals surface area contributed by atoms with Crippen LogP contribution in [0.25, 0.3) is 10.6 Å². The Kier molecular flexibility index (Phi) is 3.93. The van der Waals surface area contributed by atoms with E-state index >= 15 is 0 Å². The van der Waals surface area contributed by atoms with Crippen LogP contribution in [0.3, 0.4) is 0 Å². The third-order valence-electron chi connectivity index (χ3n) is 4.37. The number of amides is 1. The van der Waals surface area contributed by atoms with E-state index in [1.54, 1.807) is 11.3 Å². The number of piperidine rings is 1. The van der Waals surface area contributed by atoms with E-state index in [1.807, 2.05) is 52.5 Å². The molecule has 3 aromatic heterocycles. The van der Waals surface area contributed by atoms with Crippen molar-refractivity contribution in [3.8, 4) is 10.6 Å². The fourth-order valence-electron chi connectivity index (χ4n) is 3.14. The van der Waals surface area contributed by atoms with Crippen LogP contribution in [0.15, 0.2) is 36.0 Å². The van der Waals surface area contributed by atoms with E-state index in [4.69, 9.17) is 0 Å². The summed E-state index contributed by atoms with van der Waals surface area (Å²) < 4.78 is 1.98. The molecule has 0 spiro atoms. The first kappa shape index (κ1) is 15.1. The minimum Gasteiger partial charge on any atom is -0.335 e. The fourth-order valence-corrected chi connectivity index (χ4v) is 3.83. The number of hydrogen-bond acceptors (Lipinski definition) is 4. The monoisotopic (exact) mass is 341 g/mol. The van der Waals surface area contributed by atoms with Gasteiger partial charge in [-0.05, 0) is 42.8 Å². The molecule has 0 aromatic carbocycles. The van der Waals surface area contributed by atoms with Gasteiger partial charge in [0.15, 0.2) is 5.69 Å². The van der Waals surface area contributed by atoms with Gasteiger partial charge < -0.3 is 4.90 Å². The standard InChI is InChI=1S/C17H19N5OS/c1-12-9-18-22(10-12)13-4-2-6-21(11-13)17(23)15-8-14(19-20-15)16-5-3-7-24-16/h3,5,7-10,13H,2,4,6,11H2,1H3,(H,19,20). The Balaban J connectivity index is 1.50. The molecular weight excluding hydrogens is 322 g/mol. The molecule has 0 aliphatic carbocycles. The number of nitrogens with one attached hydrogen (secondary N) is 1. The van der Waals surface area contributed by atoms with E-state index in [2.05, 4.69) is 15.3 Å². The zero-order valence-corrected chi connectivity index (χ0v) is 14.3. The molecule has 0 radical (unpaired) electrons. The molecule has 124 valence electrons. The third kappa shape index (κ3) is 2.87. The summed E-state index contributed by atoms with van der Waals surface area (Å²) in [5.74, 6) is -0.0114. The molecule has 1 fully saturated rings. The second-order valence-corrected chi connectivity index (χ2v) is 7.14. The topological polar surface area (TPSA) is 66.8 Å². The van der Waals surface area contributed by atoms with Crippen molar-refractivity contribution in [2.24, 2.45) is 0 Å². The normalized spacial score (nSPS) is 18.0.